The first-order valence-corrected chi connectivity index (χ1v) is 9.46. The van der Waals surface area contributed by atoms with Crippen molar-refractivity contribution < 1.29 is 19.5 Å². The van der Waals surface area contributed by atoms with Gasteiger partial charge in [-0.3, -0.25) is 9.59 Å². The van der Waals surface area contributed by atoms with Crippen LogP contribution in [0.25, 0.3) is 0 Å². The maximum absolute atomic E-state index is 13.2. The molecule has 0 radical (unpaired) electrons. The van der Waals surface area contributed by atoms with E-state index in [1.807, 2.05) is 23.1 Å². The van der Waals surface area contributed by atoms with Gasteiger partial charge in [0.1, 0.15) is 0 Å². The fourth-order valence-corrected chi connectivity index (χ4v) is 4.27. The number of hydrogen-bond donors (Lipinski definition) is 1. The molecule has 138 valence electrons. The minimum Gasteiger partial charge on any atom is -0.479 e. The third-order valence-corrected chi connectivity index (χ3v) is 5.81. The molecular weight excluding hydrogens is 332 g/mol. The van der Waals surface area contributed by atoms with E-state index in [9.17, 15) is 19.5 Å². The van der Waals surface area contributed by atoms with Gasteiger partial charge in [0.2, 0.25) is 11.8 Å². The van der Waals surface area contributed by atoms with Crippen molar-refractivity contribution in [3.05, 3.63) is 35.4 Å². The van der Waals surface area contributed by atoms with Crippen LogP contribution in [0.4, 0.5) is 0 Å². The Bertz CT molecular complexity index is 743. The quantitative estimate of drug-likeness (QED) is 0.896. The van der Waals surface area contributed by atoms with Crippen LogP contribution in [0.2, 0.25) is 0 Å². The van der Waals surface area contributed by atoms with Gasteiger partial charge in [-0.1, -0.05) is 24.3 Å². The number of rotatable bonds is 3. The Hall–Kier alpha value is -2.37. The monoisotopic (exact) mass is 356 g/mol. The molecule has 26 heavy (non-hydrogen) atoms. The zero-order chi connectivity index (χ0) is 18.3. The van der Waals surface area contributed by atoms with Crippen molar-refractivity contribution in [1.82, 2.24) is 9.80 Å². The van der Waals surface area contributed by atoms with Crippen LogP contribution in [0.15, 0.2) is 24.3 Å². The van der Waals surface area contributed by atoms with Crippen LogP contribution in [0, 0.1) is 11.8 Å². The number of aliphatic carboxylic acids is 1. The minimum atomic E-state index is -0.993. The Morgan fingerprint density at radius 2 is 1.73 bits per heavy atom. The molecule has 1 saturated heterocycles. The van der Waals surface area contributed by atoms with Crippen molar-refractivity contribution in [3.8, 4) is 0 Å². The Balaban J connectivity index is 1.53. The Labute approximate surface area is 152 Å². The van der Waals surface area contributed by atoms with Crippen LogP contribution in [0.1, 0.15) is 42.9 Å². The fraction of sp³-hybridized carbons (Fsp3) is 0.550. The van der Waals surface area contributed by atoms with E-state index in [-0.39, 0.29) is 23.7 Å². The number of hydrogen-bond acceptors (Lipinski definition) is 3. The maximum atomic E-state index is 13.2. The molecule has 2 aliphatic heterocycles. The first kappa shape index (κ1) is 17.1. The molecule has 0 spiro atoms. The fourth-order valence-electron chi connectivity index (χ4n) is 4.27. The van der Waals surface area contributed by atoms with E-state index in [0.717, 1.165) is 31.2 Å². The summed E-state index contributed by atoms with van der Waals surface area (Å²) in [6, 6.07) is 6.53. The second-order valence-corrected chi connectivity index (χ2v) is 7.62. The molecule has 0 bridgehead atoms. The van der Waals surface area contributed by atoms with E-state index >= 15 is 0 Å². The third-order valence-electron chi connectivity index (χ3n) is 5.81. The predicted molar refractivity (Wildman–Crippen MR) is 94.3 cm³/mol. The molecule has 2 heterocycles. The average molecular weight is 356 g/mol. The highest BCUT2D eigenvalue weighted by atomic mass is 16.4. The van der Waals surface area contributed by atoms with Gasteiger partial charge < -0.3 is 14.9 Å². The number of piperidine rings is 1. The van der Waals surface area contributed by atoms with Crippen LogP contribution in [0.5, 0.6) is 0 Å². The van der Waals surface area contributed by atoms with Crippen LogP contribution in [-0.4, -0.2) is 52.3 Å². The summed E-state index contributed by atoms with van der Waals surface area (Å²) in [5.74, 6) is -1.09. The van der Waals surface area contributed by atoms with Crippen LogP contribution < -0.4 is 0 Å². The molecule has 1 N–H and O–H groups in total. The molecule has 1 aliphatic carbocycles. The molecule has 1 aromatic carbocycles. The highest BCUT2D eigenvalue weighted by Gasteiger charge is 2.41. The Morgan fingerprint density at radius 3 is 2.46 bits per heavy atom. The molecular formula is C20H24N2O4. The molecule has 2 fully saturated rings. The van der Waals surface area contributed by atoms with Gasteiger partial charge in [-0.25, -0.2) is 4.79 Å². The van der Waals surface area contributed by atoms with E-state index in [2.05, 4.69) is 0 Å². The number of likely N-dealkylation sites (tertiary alicyclic amines) is 1. The summed E-state index contributed by atoms with van der Waals surface area (Å²) in [7, 11) is 0. The van der Waals surface area contributed by atoms with Crippen molar-refractivity contribution in [2.45, 2.75) is 38.1 Å². The van der Waals surface area contributed by atoms with Gasteiger partial charge in [0.25, 0.3) is 0 Å². The molecule has 1 aromatic rings. The Morgan fingerprint density at radius 1 is 0.962 bits per heavy atom. The van der Waals surface area contributed by atoms with E-state index in [4.69, 9.17) is 0 Å². The van der Waals surface area contributed by atoms with Gasteiger partial charge in [-0.05, 0) is 43.2 Å². The first-order chi connectivity index (χ1) is 12.6. The van der Waals surface area contributed by atoms with Crippen molar-refractivity contribution in [1.29, 1.82) is 0 Å². The van der Waals surface area contributed by atoms with E-state index in [0.29, 0.717) is 31.6 Å². The topological polar surface area (TPSA) is 77.9 Å². The van der Waals surface area contributed by atoms with Gasteiger partial charge in [0.15, 0.2) is 6.04 Å². The van der Waals surface area contributed by atoms with Gasteiger partial charge in [-0.15, -0.1) is 0 Å². The zero-order valence-electron chi connectivity index (χ0n) is 14.8. The van der Waals surface area contributed by atoms with Gasteiger partial charge in [-0.2, -0.15) is 0 Å². The molecule has 0 aromatic heterocycles. The smallest absolute Gasteiger partial charge is 0.331 e. The van der Waals surface area contributed by atoms with Gasteiger partial charge in [0, 0.05) is 25.6 Å². The van der Waals surface area contributed by atoms with E-state index < -0.39 is 12.0 Å². The van der Waals surface area contributed by atoms with E-state index in [1.54, 1.807) is 6.07 Å². The van der Waals surface area contributed by atoms with Crippen LogP contribution in [-0.2, 0) is 20.8 Å². The molecule has 2 unspecified atom stereocenters. The minimum absolute atomic E-state index is 0.125. The number of fused-ring (bicyclic) bond motifs is 1. The Kier molecular flexibility index (Phi) is 4.42. The maximum Gasteiger partial charge on any atom is 0.331 e. The highest BCUT2D eigenvalue weighted by Crippen LogP contribution is 2.35. The number of benzene rings is 1. The molecule has 6 nitrogen and oxygen atoms in total. The lowest BCUT2D eigenvalue weighted by atomic mass is 9.89. The SMILES string of the molecule is O=C(O)C1c2ccccc2CCN1C(=O)C1CCCN(C(=O)C2CC2)C1. The first-order valence-electron chi connectivity index (χ1n) is 9.46. The molecule has 2 atom stereocenters. The number of carbonyl (C=O) groups is 3. The number of carboxylic acids is 1. The van der Waals surface area contributed by atoms with Crippen molar-refractivity contribution >= 4 is 17.8 Å². The second kappa shape index (κ2) is 6.74. The molecule has 6 heteroatoms. The average Bonchev–Trinajstić information content (AvgIpc) is 3.51. The summed E-state index contributed by atoms with van der Waals surface area (Å²) in [4.78, 5) is 40.8. The normalized spacial score (nSPS) is 25.5. The van der Waals surface area contributed by atoms with Crippen molar-refractivity contribution in [2.75, 3.05) is 19.6 Å². The standard InChI is InChI=1S/C20H24N2O4/c23-18(14-7-8-14)21-10-3-5-15(12-21)19(24)22-11-9-13-4-1-2-6-16(13)17(22)20(25)26/h1-2,4,6,14-15,17H,3,5,7-12H2,(H,25,26). The number of amides is 2. The summed E-state index contributed by atoms with van der Waals surface area (Å²) >= 11 is 0. The van der Waals surface area contributed by atoms with Gasteiger partial charge >= 0.3 is 5.97 Å². The highest BCUT2D eigenvalue weighted by molar-refractivity contribution is 5.88. The van der Waals surface area contributed by atoms with Crippen molar-refractivity contribution in [3.63, 3.8) is 0 Å². The van der Waals surface area contributed by atoms with Crippen LogP contribution in [0.3, 0.4) is 0 Å². The van der Waals surface area contributed by atoms with Crippen LogP contribution >= 0.6 is 0 Å². The summed E-state index contributed by atoms with van der Waals surface area (Å²) in [5.41, 5.74) is 1.71. The molecule has 1 saturated carbocycles. The summed E-state index contributed by atoms with van der Waals surface area (Å²) < 4.78 is 0. The summed E-state index contributed by atoms with van der Waals surface area (Å²) in [6.45, 7) is 1.56. The number of nitrogens with zero attached hydrogens (tertiary/aromatic N) is 2. The lowest BCUT2D eigenvalue weighted by Gasteiger charge is -2.39. The largest absolute Gasteiger partial charge is 0.479 e. The van der Waals surface area contributed by atoms with E-state index in [1.165, 1.54) is 4.90 Å². The lowest BCUT2D eigenvalue weighted by molar-refractivity contribution is -0.154. The molecule has 4 rings (SSSR count). The predicted octanol–water partition coefficient (Wildman–Crippen LogP) is 1.85. The molecule has 3 aliphatic rings. The zero-order valence-corrected chi connectivity index (χ0v) is 14.8. The molecule has 2 amide bonds. The number of carbonyl (C=O) groups excluding carboxylic acids is 2. The summed E-state index contributed by atoms with van der Waals surface area (Å²) in [5, 5.41) is 9.77. The van der Waals surface area contributed by atoms with Crippen molar-refractivity contribution in [2.24, 2.45) is 11.8 Å². The third kappa shape index (κ3) is 3.08. The van der Waals surface area contributed by atoms with Gasteiger partial charge in [0.05, 0.1) is 5.92 Å². The number of carboxylic acid groups (broad SMARTS) is 1. The lowest BCUT2D eigenvalue weighted by Crippen LogP contribution is -2.50. The second-order valence-electron chi connectivity index (χ2n) is 7.62. The summed E-state index contributed by atoms with van der Waals surface area (Å²) in [6.07, 6.45) is 4.10.